The zero-order valence-electron chi connectivity index (χ0n) is 16.6. The number of rotatable bonds is 5. The van der Waals surface area contributed by atoms with Gasteiger partial charge in [-0.3, -0.25) is 10.1 Å². The van der Waals surface area contributed by atoms with Gasteiger partial charge in [-0.25, -0.2) is 13.4 Å². The molecule has 1 aromatic heterocycles. The molecule has 1 N–H and O–H groups in total. The lowest BCUT2D eigenvalue weighted by atomic mass is 10.1. The van der Waals surface area contributed by atoms with Crippen LogP contribution in [0.5, 0.6) is 0 Å². The monoisotopic (exact) mass is 481 g/mol. The molecule has 0 saturated carbocycles. The van der Waals surface area contributed by atoms with E-state index in [0.717, 1.165) is 24.2 Å². The van der Waals surface area contributed by atoms with E-state index < -0.39 is 27.7 Å². The van der Waals surface area contributed by atoms with Crippen LogP contribution in [0.15, 0.2) is 59.5 Å². The molecule has 1 aliphatic rings. The Morgan fingerprint density at radius 3 is 2.44 bits per heavy atom. The molecule has 32 heavy (non-hydrogen) atoms. The van der Waals surface area contributed by atoms with Crippen LogP contribution in [0.3, 0.4) is 0 Å². The van der Waals surface area contributed by atoms with Gasteiger partial charge >= 0.3 is 6.18 Å². The molecule has 0 radical (unpaired) electrons. The Kier molecular flexibility index (Phi) is 6.06. The smallest absolute Gasteiger partial charge is 0.298 e. The third-order valence-electron chi connectivity index (χ3n) is 4.96. The topological polar surface area (TPSA) is 79.4 Å². The Hall–Kier alpha value is -2.76. The Bertz CT molecular complexity index is 1280. The van der Waals surface area contributed by atoms with Gasteiger partial charge in [-0.2, -0.15) is 17.5 Å². The van der Waals surface area contributed by atoms with E-state index >= 15 is 0 Å². The normalized spacial score (nSPS) is 15.9. The zero-order valence-corrected chi connectivity index (χ0v) is 18.2. The van der Waals surface area contributed by atoms with Crippen LogP contribution in [0, 0.1) is 0 Å². The highest BCUT2D eigenvalue weighted by atomic mass is 32.2. The molecule has 168 valence electrons. The van der Waals surface area contributed by atoms with Crippen molar-refractivity contribution in [2.75, 3.05) is 18.4 Å². The molecule has 1 fully saturated rings. The molecule has 4 rings (SSSR count). The Balaban J connectivity index is 1.59. The SMILES string of the molecule is O=C(/C=C(\c1ccccc1)C(F)(F)F)Nc1nc2ccc(S(=O)(=O)N3CCCC3)cc2s1. The number of fused-ring (bicyclic) bond motifs is 1. The Morgan fingerprint density at radius 2 is 1.78 bits per heavy atom. The second-order valence-corrected chi connectivity index (χ2v) is 10.1. The minimum absolute atomic E-state index is 0.0755. The number of nitrogens with one attached hydrogen (secondary N) is 1. The average Bonchev–Trinajstić information content (AvgIpc) is 3.41. The van der Waals surface area contributed by atoms with E-state index in [-0.39, 0.29) is 15.6 Å². The molecule has 1 aliphatic heterocycles. The first-order chi connectivity index (χ1) is 15.1. The molecule has 0 unspecified atom stereocenters. The van der Waals surface area contributed by atoms with Crippen molar-refractivity contribution >= 4 is 48.2 Å². The maximum Gasteiger partial charge on any atom is 0.417 e. The van der Waals surface area contributed by atoms with Gasteiger partial charge in [-0.05, 0) is 36.6 Å². The van der Waals surface area contributed by atoms with Gasteiger partial charge in [-0.1, -0.05) is 41.7 Å². The van der Waals surface area contributed by atoms with E-state index in [2.05, 4.69) is 10.3 Å². The largest absolute Gasteiger partial charge is 0.417 e. The molecule has 2 aromatic carbocycles. The number of hydrogen-bond donors (Lipinski definition) is 1. The van der Waals surface area contributed by atoms with Gasteiger partial charge in [0.25, 0.3) is 5.91 Å². The summed E-state index contributed by atoms with van der Waals surface area (Å²) in [6, 6.07) is 11.5. The Labute approximate surface area is 186 Å². The minimum atomic E-state index is -4.72. The Morgan fingerprint density at radius 1 is 1.09 bits per heavy atom. The minimum Gasteiger partial charge on any atom is -0.298 e. The number of anilines is 1. The van der Waals surface area contributed by atoms with Gasteiger partial charge < -0.3 is 0 Å². The van der Waals surface area contributed by atoms with E-state index in [4.69, 9.17) is 0 Å². The molecule has 0 aliphatic carbocycles. The summed E-state index contributed by atoms with van der Waals surface area (Å²) < 4.78 is 67.7. The van der Waals surface area contributed by atoms with Crippen LogP contribution < -0.4 is 5.32 Å². The maximum absolute atomic E-state index is 13.4. The van der Waals surface area contributed by atoms with Crippen LogP contribution in [0.25, 0.3) is 15.8 Å². The van der Waals surface area contributed by atoms with Crippen molar-refractivity contribution in [3.05, 3.63) is 60.2 Å². The number of alkyl halides is 3. The lowest BCUT2D eigenvalue weighted by Gasteiger charge is -2.15. The summed E-state index contributed by atoms with van der Waals surface area (Å²) in [6.07, 6.45) is -2.60. The van der Waals surface area contributed by atoms with E-state index in [1.807, 2.05) is 0 Å². The van der Waals surface area contributed by atoms with Crippen LogP contribution in [0.2, 0.25) is 0 Å². The number of hydrogen-bond acceptors (Lipinski definition) is 5. The summed E-state index contributed by atoms with van der Waals surface area (Å²) in [5, 5.41) is 2.42. The summed E-state index contributed by atoms with van der Waals surface area (Å²) in [6.45, 7) is 0.944. The van der Waals surface area contributed by atoms with E-state index in [9.17, 15) is 26.4 Å². The highest BCUT2D eigenvalue weighted by Crippen LogP contribution is 2.34. The number of benzene rings is 2. The number of carbonyl (C=O) groups excluding carboxylic acids is 1. The van der Waals surface area contributed by atoms with Crippen LogP contribution in [0.4, 0.5) is 18.3 Å². The standard InChI is InChI=1S/C21H18F3N3O3S2/c22-21(23,24)16(14-6-2-1-3-7-14)13-19(28)26-20-25-17-9-8-15(12-18(17)31-20)32(29,30)27-10-4-5-11-27/h1-3,6-9,12-13H,4-5,10-11H2,(H,25,26,28)/b16-13+. The fourth-order valence-electron chi connectivity index (χ4n) is 3.42. The van der Waals surface area contributed by atoms with Crippen LogP contribution in [0.1, 0.15) is 18.4 Å². The molecule has 1 amide bonds. The molecular formula is C21H18F3N3O3S2. The molecule has 11 heteroatoms. The fourth-order valence-corrected chi connectivity index (χ4v) is 5.94. The molecule has 2 heterocycles. The first-order valence-corrected chi connectivity index (χ1v) is 12.0. The third kappa shape index (κ3) is 4.69. The molecule has 0 spiro atoms. The predicted octanol–water partition coefficient (Wildman–Crippen LogP) is 4.67. The number of aromatic nitrogens is 1. The number of allylic oxidation sites excluding steroid dienone is 1. The zero-order chi connectivity index (χ0) is 22.9. The van der Waals surface area contributed by atoms with Gasteiger partial charge in [0.05, 0.1) is 20.7 Å². The lowest BCUT2D eigenvalue weighted by Crippen LogP contribution is -2.27. The second kappa shape index (κ2) is 8.64. The summed E-state index contributed by atoms with van der Waals surface area (Å²) in [4.78, 5) is 16.6. The first-order valence-electron chi connectivity index (χ1n) is 9.71. The lowest BCUT2D eigenvalue weighted by molar-refractivity contribution is -0.112. The number of thiazole rings is 1. The van der Waals surface area contributed by atoms with E-state index in [0.29, 0.717) is 29.4 Å². The van der Waals surface area contributed by atoms with Crippen LogP contribution >= 0.6 is 11.3 Å². The van der Waals surface area contributed by atoms with Gasteiger partial charge in [0, 0.05) is 19.2 Å². The number of amides is 1. The molecule has 1 saturated heterocycles. The van der Waals surface area contributed by atoms with Gasteiger partial charge in [-0.15, -0.1) is 0 Å². The molecule has 6 nitrogen and oxygen atoms in total. The third-order valence-corrected chi connectivity index (χ3v) is 7.79. The number of nitrogens with zero attached hydrogens (tertiary/aromatic N) is 2. The summed E-state index contributed by atoms with van der Waals surface area (Å²) in [7, 11) is -3.62. The molecule has 3 aromatic rings. The summed E-state index contributed by atoms with van der Waals surface area (Å²) >= 11 is 0.992. The van der Waals surface area contributed by atoms with Crippen molar-refractivity contribution in [2.24, 2.45) is 0 Å². The maximum atomic E-state index is 13.4. The fraction of sp³-hybridized carbons (Fsp3) is 0.238. The summed E-state index contributed by atoms with van der Waals surface area (Å²) in [5.74, 6) is -0.981. The quantitative estimate of drug-likeness (QED) is 0.538. The first kappa shape index (κ1) is 22.4. The number of sulfonamides is 1. The highest BCUT2D eigenvalue weighted by molar-refractivity contribution is 7.89. The highest BCUT2D eigenvalue weighted by Gasteiger charge is 2.35. The van der Waals surface area contributed by atoms with Gasteiger partial charge in [0.1, 0.15) is 0 Å². The molecular weight excluding hydrogens is 463 g/mol. The van der Waals surface area contributed by atoms with Gasteiger partial charge in [0.15, 0.2) is 5.13 Å². The van der Waals surface area contributed by atoms with Crippen molar-refractivity contribution in [2.45, 2.75) is 23.9 Å². The average molecular weight is 482 g/mol. The predicted molar refractivity (Wildman–Crippen MR) is 117 cm³/mol. The summed E-state index contributed by atoms with van der Waals surface area (Å²) in [5.41, 5.74) is -0.763. The van der Waals surface area contributed by atoms with Crippen molar-refractivity contribution in [3.63, 3.8) is 0 Å². The van der Waals surface area contributed by atoms with Crippen molar-refractivity contribution < 1.29 is 26.4 Å². The molecule has 0 atom stereocenters. The van der Waals surface area contributed by atoms with E-state index in [1.165, 1.54) is 46.8 Å². The van der Waals surface area contributed by atoms with Crippen molar-refractivity contribution in [1.82, 2.24) is 9.29 Å². The van der Waals surface area contributed by atoms with Crippen molar-refractivity contribution in [1.29, 1.82) is 0 Å². The van der Waals surface area contributed by atoms with Crippen molar-refractivity contribution in [3.8, 4) is 0 Å². The second-order valence-electron chi connectivity index (χ2n) is 7.17. The van der Waals surface area contributed by atoms with Crippen LogP contribution in [-0.2, 0) is 14.8 Å². The number of halogens is 3. The van der Waals surface area contributed by atoms with Crippen LogP contribution in [-0.4, -0.2) is 42.9 Å². The van der Waals surface area contributed by atoms with E-state index in [1.54, 1.807) is 6.07 Å². The molecule has 0 bridgehead atoms. The van der Waals surface area contributed by atoms with Gasteiger partial charge in [0.2, 0.25) is 10.0 Å². The number of carbonyl (C=O) groups is 1.